The third-order valence-electron chi connectivity index (χ3n) is 2.78. The molecule has 2 N–H and O–H groups in total. The van der Waals surface area contributed by atoms with E-state index in [0.717, 1.165) is 16.5 Å². The predicted molar refractivity (Wildman–Crippen MR) is 69.7 cm³/mol. The first kappa shape index (κ1) is 12.2. The molecule has 1 aromatic heterocycles. The third-order valence-corrected chi connectivity index (χ3v) is 2.78. The molecule has 0 aliphatic rings. The van der Waals surface area contributed by atoms with Crippen LogP contribution in [0.15, 0.2) is 30.5 Å². The zero-order valence-electron chi connectivity index (χ0n) is 9.89. The summed E-state index contributed by atoms with van der Waals surface area (Å²) < 4.78 is 1.83. The van der Waals surface area contributed by atoms with Crippen LogP contribution in [-0.2, 0) is 17.9 Å². The number of aliphatic hydroxyl groups is 1. The van der Waals surface area contributed by atoms with Gasteiger partial charge in [-0.25, -0.2) is 0 Å². The highest BCUT2D eigenvalue weighted by Gasteiger charge is 2.07. The summed E-state index contributed by atoms with van der Waals surface area (Å²) in [6.45, 7) is 0.449. The molecule has 1 amide bonds. The van der Waals surface area contributed by atoms with E-state index in [-0.39, 0.29) is 25.6 Å². The number of carbonyl (C=O) groups excluding carboxylic acids is 1. The van der Waals surface area contributed by atoms with Gasteiger partial charge in [-0.05, 0) is 17.7 Å². The van der Waals surface area contributed by atoms with Gasteiger partial charge in [-0.1, -0.05) is 18.1 Å². The van der Waals surface area contributed by atoms with Gasteiger partial charge in [0.25, 0.3) is 0 Å². The van der Waals surface area contributed by atoms with E-state index in [1.165, 1.54) is 0 Å². The van der Waals surface area contributed by atoms with Gasteiger partial charge < -0.3 is 15.0 Å². The normalized spacial score (nSPS) is 10.2. The number of carbonyl (C=O) groups is 1. The largest absolute Gasteiger partial charge is 0.392 e. The lowest BCUT2D eigenvalue weighted by Crippen LogP contribution is -2.27. The number of hydrogen-bond acceptors (Lipinski definition) is 2. The van der Waals surface area contributed by atoms with Crippen molar-refractivity contribution in [1.29, 1.82) is 0 Å². The minimum atomic E-state index is -0.125. The van der Waals surface area contributed by atoms with Crippen LogP contribution in [0, 0.1) is 12.3 Å². The van der Waals surface area contributed by atoms with E-state index in [4.69, 9.17) is 6.42 Å². The molecule has 0 atom stereocenters. The maximum Gasteiger partial charge on any atom is 0.240 e. The average molecular weight is 242 g/mol. The Morgan fingerprint density at radius 2 is 2.28 bits per heavy atom. The van der Waals surface area contributed by atoms with Gasteiger partial charge in [0.15, 0.2) is 0 Å². The van der Waals surface area contributed by atoms with Crippen molar-refractivity contribution in [1.82, 2.24) is 9.88 Å². The molecular formula is C14H14N2O2. The van der Waals surface area contributed by atoms with Crippen molar-refractivity contribution in [2.75, 3.05) is 6.54 Å². The molecule has 0 unspecified atom stereocenters. The molecule has 2 aromatic rings. The van der Waals surface area contributed by atoms with Crippen LogP contribution >= 0.6 is 0 Å². The van der Waals surface area contributed by atoms with Crippen LogP contribution in [0.5, 0.6) is 0 Å². The van der Waals surface area contributed by atoms with Crippen molar-refractivity contribution < 1.29 is 9.90 Å². The molecule has 0 saturated carbocycles. The van der Waals surface area contributed by atoms with E-state index in [1.807, 2.05) is 35.0 Å². The zero-order chi connectivity index (χ0) is 13.0. The number of fused-ring (bicyclic) bond motifs is 1. The van der Waals surface area contributed by atoms with Crippen LogP contribution in [0.1, 0.15) is 5.56 Å². The number of aromatic nitrogens is 1. The summed E-state index contributed by atoms with van der Waals surface area (Å²) in [4.78, 5) is 11.6. The summed E-state index contributed by atoms with van der Waals surface area (Å²) in [5, 5.41) is 12.8. The van der Waals surface area contributed by atoms with E-state index in [1.54, 1.807) is 0 Å². The standard InChI is InChI=1S/C14H14N2O2/c1-2-7-15-14(18)9-16-8-6-12-11(10-17)4-3-5-13(12)16/h1,3-6,8,17H,7,9-10H2,(H,15,18). The SMILES string of the molecule is C#CCNC(=O)Cn1ccc2c(CO)cccc21. The highest BCUT2D eigenvalue weighted by atomic mass is 16.3. The van der Waals surface area contributed by atoms with E-state index >= 15 is 0 Å². The summed E-state index contributed by atoms with van der Waals surface area (Å²) >= 11 is 0. The second kappa shape index (κ2) is 5.39. The van der Waals surface area contributed by atoms with Crippen molar-refractivity contribution >= 4 is 16.8 Å². The Balaban J connectivity index is 2.25. The highest BCUT2D eigenvalue weighted by molar-refractivity contribution is 5.85. The smallest absolute Gasteiger partial charge is 0.240 e. The first-order chi connectivity index (χ1) is 8.76. The maximum atomic E-state index is 11.6. The number of terminal acetylenes is 1. The van der Waals surface area contributed by atoms with Crippen molar-refractivity contribution in [2.45, 2.75) is 13.2 Å². The maximum absolute atomic E-state index is 11.6. The topological polar surface area (TPSA) is 54.3 Å². The predicted octanol–water partition coefficient (Wildman–Crippen LogP) is 0.883. The van der Waals surface area contributed by atoms with Crippen LogP contribution in [0.4, 0.5) is 0 Å². The van der Waals surface area contributed by atoms with Crippen molar-refractivity contribution in [2.24, 2.45) is 0 Å². The molecule has 2 rings (SSSR count). The van der Waals surface area contributed by atoms with Gasteiger partial charge >= 0.3 is 0 Å². The summed E-state index contributed by atoms with van der Waals surface area (Å²) in [6.07, 6.45) is 6.91. The fourth-order valence-corrected chi connectivity index (χ4v) is 1.92. The summed E-state index contributed by atoms with van der Waals surface area (Å²) in [5.41, 5.74) is 1.78. The van der Waals surface area contributed by atoms with E-state index in [9.17, 15) is 9.90 Å². The Kier molecular flexibility index (Phi) is 3.66. The lowest BCUT2D eigenvalue weighted by molar-refractivity contribution is -0.121. The number of hydrogen-bond donors (Lipinski definition) is 2. The van der Waals surface area contributed by atoms with Gasteiger partial charge in [0.1, 0.15) is 6.54 Å². The molecule has 18 heavy (non-hydrogen) atoms. The van der Waals surface area contributed by atoms with E-state index in [2.05, 4.69) is 11.2 Å². The molecule has 0 aliphatic carbocycles. The van der Waals surface area contributed by atoms with Gasteiger partial charge in [0.05, 0.1) is 13.2 Å². The Morgan fingerprint density at radius 3 is 3.00 bits per heavy atom. The minimum Gasteiger partial charge on any atom is -0.392 e. The van der Waals surface area contributed by atoms with Crippen molar-refractivity contribution in [3.05, 3.63) is 36.0 Å². The molecule has 4 heteroatoms. The molecule has 1 aromatic carbocycles. The fourth-order valence-electron chi connectivity index (χ4n) is 1.92. The first-order valence-corrected chi connectivity index (χ1v) is 5.64. The second-order valence-corrected chi connectivity index (χ2v) is 3.93. The fraction of sp³-hybridized carbons (Fsp3) is 0.214. The Bertz CT molecular complexity index is 608. The Labute approximate surface area is 105 Å². The van der Waals surface area contributed by atoms with E-state index < -0.39 is 0 Å². The molecule has 0 saturated heterocycles. The van der Waals surface area contributed by atoms with Crippen LogP contribution < -0.4 is 5.32 Å². The molecule has 0 radical (unpaired) electrons. The van der Waals surface area contributed by atoms with Gasteiger partial charge in [0, 0.05) is 17.1 Å². The van der Waals surface area contributed by atoms with Gasteiger partial charge in [-0.3, -0.25) is 4.79 Å². The van der Waals surface area contributed by atoms with Crippen LogP contribution in [0.3, 0.4) is 0 Å². The summed E-state index contributed by atoms with van der Waals surface area (Å²) in [5.74, 6) is 2.23. The lowest BCUT2D eigenvalue weighted by Gasteiger charge is -2.06. The number of nitrogens with one attached hydrogen (secondary N) is 1. The molecule has 0 spiro atoms. The molecule has 1 heterocycles. The van der Waals surface area contributed by atoms with E-state index in [0.29, 0.717) is 0 Å². The third kappa shape index (κ3) is 2.36. The van der Waals surface area contributed by atoms with Crippen molar-refractivity contribution in [3.8, 4) is 12.3 Å². The van der Waals surface area contributed by atoms with Crippen LogP contribution in [0.25, 0.3) is 10.9 Å². The Morgan fingerprint density at radius 1 is 1.44 bits per heavy atom. The van der Waals surface area contributed by atoms with Gasteiger partial charge in [-0.2, -0.15) is 0 Å². The minimum absolute atomic E-state index is 0.00928. The average Bonchev–Trinajstić information content (AvgIpc) is 2.79. The van der Waals surface area contributed by atoms with Crippen molar-refractivity contribution in [3.63, 3.8) is 0 Å². The summed E-state index contributed by atoms with van der Waals surface area (Å²) in [7, 11) is 0. The number of rotatable bonds is 4. The summed E-state index contributed by atoms with van der Waals surface area (Å²) in [6, 6.07) is 7.55. The first-order valence-electron chi connectivity index (χ1n) is 5.64. The lowest BCUT2D eigenvalue weighted by atomic mass is 10.1. The molecule has 4 nitrogen and oxygen atoms in total. The molecule has 92 valence electrons. The quantitative estimate of drug-likeness (QED) is 0.782. The number of amides is 1. The number of aliphatic hydroxyl groups excluding tert-OH is 1. The molecular weight excluding hydrogens is 228 g/mol. The van der Waals surface area contributed by atoms with Crippen LogP contribution in [0.2, 0.25) is 0 Å². The zero-order valence-corrected chi connectivity index (χ0v) is 9.89. The highest BCUT2D eigenvalue weighted by Crippen LogP contribution is 2.20. The second-order valence-electron chi connectivity index (χ2n) is 3.93. The van der Waals surface area contributed by atoms with Gasteiger partial charge in [-0.15, -0.1) is 6.42 Å². The van der Waals surface area contributed by atoms with Gasteiger partial charge in [0.2, 0.25) is 5.91 Å². The van der Waals surface area contributed by atoms with Crippen LogP contribution in [-0.4, -0.2) is 22.1 Å². The monoisotopic (exact) mass is 242 g/mol. The molecule has 0 bridgehead atoms. The molecule has 0 fully saturated rings. The Hall–Kier alpha value is -2.25. The molecule has 0 aliphatic heterocycles. The number of benzene rings is 1. The number of nitrogens with zero attached hydrogens (tertiary/aromatic N) is 1.